The minimum absolute atomic E-state index is 0.0589. The van der Waals surface area contributed by atoms with Crippen LogP contribution in [0.2, 0.25) is 10.2 Å². The number of carbonyl (C=O) groups excluding carboxylic acids is 2. The van der Waals surface area contributed by atoms with Gasteiger partial charge in [0.25, 0.3) is 5.91 Å². The van der Waals surface area contributed by atoms with Crippen molar-refractivity contribution < 1.29 is 14.3 Å². The fourth-order valence-corrected chi connectivity index (χ4v) is 2.70. The average Bonchev–Trinajstić information content (AvgIpc) is 2.49. The molecule has 0 aliphatic heterocycles. The van der Waals surface area contributed by atoms with Crippen LogP contribution < -0.4 is 5.32 Å². The number of aromatic nitrogens is 1. The lowest BCUT2D eigenvalue weighted by molar-refractivity contribution is -0.119. The Bertz CT molecular complexity index is 783. The predicted octanol–water partition coefficient (Wildman–Crippen LogP) is 4.11. The van der Waals surface area contributed by atoms with Crippen LogP contribution in [-0.2, 0) is 9.53 Å². The van der Waals surface area contributed by atoms with Crippen LogP contribution in [0, 0.1) is 20.8 Å². The van der Waals surface area contributed by atoms with E-state index in [0.29, 0.717) is 22.0 Å². The second-order valence-corrected chi connectivity index (χ2v) is 6.05. The highest BCUT2D eigenvalue weighted by molar-refractivity contribution is 6.32. The summed E-state index contributed by atoms with van der Waals surface area (Å²) in [6, 6.07) is 6.88. The predicted molar refractivity (Wildman–Crippen MR) is 93.8 cm³/mol. The number of amides is 1. The number of ether oxygens (including phenoxy) is 1. The lowest BCUT2D eigenvalue weighted by atomic mass is 10.1. The van der Waals surface area contributed by atoms with Gasteiger partial charge >= 0.3 is 5.97 Å². The molecule has 0 unspecified atom stereocenters. The van der Waals surface area contributed by atoms with E-state index in [4.69, 9.17) is 27.9 Å². The number of benzene rings is 1. The van der Waals surface area contributed by atoms with E-state index in [2.05, 4.69) is 10.3 Å². The van der Waals surface area contributed by atoms with Gasteiger partial charge in [-0.3, -0.25) is 4.79 Å². The molecule has 0 aliphatic carbocycles. The lowest BCUT2D eigenvalue weighted by Gasteiger charge is -2.11. The summed E-state index contributed by atoms with van der Waals surface area (Å²) in [7, 11) is 0. The van der Waals surface area contributed by atoms with Crippen molar-refractivity contribution in [2.75, 3.05) is 11.9 Å². The summed E-state index contributed by atoms with van der Waals surface area (Å²) < 4.78 is 5.03. The topological polar surface area (TPSA) is 68.3 Å². The van der Waals surface area contributed by atoms with E-state index in [1.807, 2.05) is 0 Å². The van der Waals surface area contributed by atoms with Gasteiger partial charge in [0.05, 0.1) is 5.56 Å². The second kappa shape index (κ2) is 7.64. The van der Waals surface area contributed by atoms with Crippen LogP contribution in [0.15, 0.2) is 24.3 Å². The van der Waals surface area contributed by atoms with Gasteiger partial charge in [-0.05, 0) is 50.1 Å². The Morgan fingerprint density at radius 1 is 1.21 bits per heavy atom. The maximum Gasteiger partial charge on any atom is 0.342 e. The zero-order chi connectivity index (χ0) is 17.9. The number of anilines is 1. The average molecular weight is 367 g/mol. The number of nitrogens with zero attached hydrogens (tertiary/aromatic N) is 1. The molecule has 126 valence electrons. The molecule has 24 heavy (non-hydrogen) atoms. The Labute approximate surface area is 149 Å². The van der Waals surface area contributed by atoms with Crippen LogP contribution >= 0.6 is 23.2 Å². The lowest BCUT2D eigenvalue weighted by Crippen LogP contribution is -2.22. The van der Waals surface area contributed by atoms with Crippen LogP contribution in [0.1, 0.15) is 27.2 Å². The van der Waals surface area contributed by atoms with Gasteiger partial charge < -0.3 is 10.1 Å². The Hall–Kier alpha value is -2.11. The van der Waals surface area contributed by atoms with E-state index in [1.54, 1.807) is 45.0 Å². The molecular formula is C17H16Cl2N2O3. The van der Waals surface area contributed by atoms with Crippen molar-refractivity contribution in [3.63, 3.8) is 0 Å². The zero-order valence-corrected chi connectivity index (χ0v) is 15.0. The highest BCUT2D eigenvalue weighted by atomic mass is 35.5. The summed E-state index contributed by atoms with van der Waals surface area (Å²) in [4.78, 5) is 28.1. The van der Waals surface area contributed by atoms with Gasteiger partial charge in [-0.15, -0.1) is 0 Å². The molecule has 0 saturated carbocycles. The summed E-state index contributed by atoms with van der Waals surface area (Å²) in [6.07, 6.45) is 0. The molecule has 1 N–H and O–H groups in total. The highest BCUT2D eigenvalue weighted by Crippen LogP contribution is 2.23. The summed E-state index contributed by atoms with van der Waals surface area (Å²) >= 11 is 12.0. The largest absolute Gasteiger partial charge is 0.452 e. The summed E-state index contributed by atoms with van der Waals surface area (Å²) in [5.74, 6) is -1.16. The van der Waals surface area contributed by atoms with Crippen LogP contribution in [0.4, 0.5) is 5.69 Å². The molecule has 1 amide bonds. The maximum atomic E-state index is 12.1. The van der Waals surface area contributed by atoms with Gasteiger partial charge in [0.2, 0.25) is 0 Å². The molecule has 2 aromatic rings. The van der Waals surface area contributed by atoms with Crippen molar-refractivity contribution in [2.45, 2.75) is 20.8 Å². The minimum atomic E-state index is -0.692. The molecule has 0 aliphatic rings. The third kappa shape index (κ3) is 4.24. The Morgan fingerprint density at radius 3 is 2.58 bits per heavy atom. The van der Waals surface area contributed by atoms with E-state index in [0.717, 1.165) is 5.56 Å². The van der Waals surface area contributed by atoms with Crippen molar-refractivity contribution in [3.8, 4) is 0 Å². The van der Waals surface area contributed by atoms with E-state index in [1.165, 1.54) is 0 Å². The summed E-state index contributed by atoms with van der Waals surface area (Å²) in [5, 5.41) is 3.25. The first-order chi connectivity index (χ1) is 11.3. The van der Waals surface area contributed by atoms with Gasteiger partial charge in [-0.2, -0.15) is 0 Å². The number of pyridine rings is 1. The van der Waals surface area contributed by atoms with E-state index in [-0.39, 0.29) is 10.7 Å². The number of rotatable bonds is 4. The highest BCUT2D eigenvalue weighted by Gasteiger charge is 2.18. The zero-order valence-electron chi connectivity index (χ0n) is 13.4. The maximum absolute atomic E-state index is 12.1. The van der Waals surface area contributed by atoms with Crippen LogP contribution in [0.5, 0.6) is 0 Å². The first-order valence-corrected chi connectivity index (χ1v) is 7.91. The molecule has 1 heterocycles. The van der Waals surface area contributed by atoms with Crippen LogP contribution in [0.25, 0.3) is 0 Å². The van der Waals surface area contributed by atoms with Gasteiger partial charge in [0, 0.05) is 16.4 Å². The quantitative estimate of drug-likeness (QED) is 0.652. The molecule has 0 radical (unpaired) electrons. The fraction of sp³-hybridized carbons (Fsp3) is 0.235. The van der Waals surface area contributed by atoms with Crippen LogP contribution in [-0.4, -0.2) is 23.5 Å². The van der Waals surface area contributed by atoms with Gasteiger partial charge in [0.1, 0.15) is 5.15 Å². The standard InChI is InChI=1S/C17H16Cl2N2O3/c1-9-7-10(2)20-16(19)15(9)17(23)24-8-14(22)21-13-6-4-5-12(18)11(13)3/h4-7H,8H2,1-3H3,(H,21,22). The molecule has 1 aromatic heterocycles. The Kier molecular flexibility index (Phi) is 5.80. The van der Waals surface area contributed by atoms with Gasteiger partial charge in [-0.25, -0.2) is 9.78 Å². The first kappa shape index (κ1) is 18.2. The number of halogens is 2. The number of hydrogen-bond acceptors (Lipinski definition) is 4. The van der Waals surface area contributed by atoms with Crippen LogP contribution in [0.3, 0.4) is 0 Å². The third-order valence-electron chi connectivity index (χ3n) is 3.38. The number of hydrogen-bond donors (Lipinski definition) is 1. The number of carbonyl (C=O) groups is 2. The van der Waals surface area contributed by atoms with Gasteiger partial charge in [-0.1, -0.05) is 29.3 Å². The van der Waals surface area contributed by atoms with Gasteiger partial charge in [0.15, 0.2) is 6.61 Å². The number of esters is 1. The van der Waals surface area contributed by atoms with E-state index >= 15 is 0 Å². The third-order valence-corrected chi connectivity index (χ3v) is 4.06. The Morgan fingerprint density at radius 2 is 1.92 bits per heavy atom. The monoisotopic (exact) mass is 366 g/mol. The second-order valence-electron chi connectivity index (χ2n) is 5.28. The molecular weight excluding hydrogens is 351 g/mol. The molecule has 0 saturated heterocycles. The molecule has 2 rings (SSSR count). The molecule has 0 fully saturated rings. The molecule has 0 spiro atoms. The minimum Gasteiger partial charge on any atom is -0.452 e. The molecule has 0 atom stereocenters. The fourth-order valence-electron chi connectivity index (χ4n) is 2.17. The van der Waals surface area contributed by atoms with Crippen molar-refractivity contribution in [3.05, 3.63) is 56.8 Å². The van der Waals surface area contributed by atoms with E-state index in [9.17, 15) is 9.59 Å². The Balaban J connectivity index is 2.02. The van der Waals surface area contributed by atoms with Crippen molar-refractivity contribution >= 4 is 40.8 Å². The first-order valence-electron chi connectivity index (χ1n) is 7.15. The molecule has 5 nitrogen and oxygen atoms in total. The summed E-state index contributed by atoms with van der Waals surface area (Å²) in [6.45, 7) is 4.85. The molecule has 0 bridgehead atoms. The summed E-state index contributed by atoms with van der Waals surface area (Å²) in [5.41, 5.74) is 2.80. The van der Waals surface area contributed by atoms with Crippen molar-refractivity contribution in [1.29, 1.82) is 0 Å². The normalized spacial score (nSPS) is 10.4. The number of nitrogens with one attached hydrogen (secondary N) is 1. The number of aryl methyl sites for hydroxylation is 2. The molecule has 7 heteroatoms. The smallest absolute Gasteiger partial charge is 0.342 e. The SMILES string of the molecule is Cc1cc(C)c(C(=O)OCC(=O)Nc2cccc(Cl)c2C)c(Cl)n1. The van der Waals surface area contributed by atoms with Crippen molar-refractivity contribution in [2.24, 2.45) is 0 Å². The van der Waals surface area contributed by atoms with E-state index < -0.39 is 18.5 Å². The molecule has 1 aromatic carbocycles. The van der Waals surface area contributed by atoms with Crippen molar-refractivity contribution in [1.82, 2.24) is 4.98 Å².